The van der Waals surface area contributed by atoms with E-state index >= 15 is 0 Å². The lowest BCUT2D eigenvalue weighted by molar-refractivity contribution is -0.137. The predicted octanol–water partition coefficient (Wildman–Crippen LogP) is 2.33. The number of halogens is 3. The summed E-state index contributed by atoms with van der Waals surface area (Å²) < 4.78 is 38.1. The van der Waals surface area contributed by atoms with Gasteiger partial charge in [-0.2, -0.15) is 13.2 Å². The van der Waals surface area contributed by atoms with Crippen LogP contribution in [0.2, 0.25) is 0 Å². The molecule has 1 aromatic rings. The van der Waals surface area contributed by atoms with Gasteiger partial charge in [0.1, 0.15) is 0 Å². The van der Waals surface area contributed by atoms with Crippen molar-refractivity contribution in [1.29, 1.82) is 0 Å². The number of hydrogen-bond acceptors (Lipinski definition) is 3. The summed E-state index contributed by atoms with van der Waals surface area (Å²) in [6.07, 6.45) is -4.28. The van der Waals surface area contributed by atoms with Crippen molar-refractivity contribution in [2.45, 2.75) is 19.5 Å². The zero-order valence-electron chi connectivity index (χ0n) is 11.2. The van der Waals surface area contributed by atoms with E-state index in [-0.39, 0.29) is 12.2 Å². The highest BCUT2D eigenvalue weighted by Gasteiger charge is 2.32. The number of nitrogens with one attached hydrogen (secondary N) is 1. The molecule has 0 aliphatic rings. The quantitative estimate of drug-likeness (QED) is 0.778. The van der Waals surface area contributed by atoms with Crippen LogP contribution in [0.1, 0.15) is 29.3 Å². The van der Waals surface area contributed by atoms with E-state index in [1.54, 1.807) is 6.92 Å². The summed E-state index contributed by atoms with van der Waals surface area (Å²) in [6, 6.07) is 2.17. The molecule has 1 aromatic carbocycles. The molecule has 1 amide bonds. The number of carboxylic acids is 1. The summed E-state index contributed by atoms with van der Waals surface area (Å²) in [4.78, 5) is 22.7. The maximum absolute atomic E-state index is 12.7. The van der Waals surface area contributed by atoms with Crippen LogP contribution in [-0.2, 0) is 11.0 Å². The maximum atomic E-state index is 12.7. The molecular weight excluding hydrogens is 289 g/mol. The van der Waals surface area contributed by atoms with Crippen molar-refractivity contribution >= 4 is 17.6 Å². The Morgan fingerprint density at radius 2 is 1.95 bits per heavy atom. The number of alkyl halides is 3. The second-order valence-electron chi connectivity index (χ2n) is 4.43. The van der Waals surface area contributed by atoms with Crippen molar-refractivity contribution in [3.63, 3.8) is 0 Å². The number of benzene rings is 1. The molecular formula is C13H15F3N2O3. The molecule has 116 valence electrons. The molecule has 0 heterocycles. The summed E-state index contributed by atoms with van der Waals surface area (Å²) in [5, 5.41) is 11.1. The molecule has 21 heavy (non-hydrogen) atoms. The number of nitrogens with two attached hydrogens (primary N) is 1. The Labute approximate surface area is 118 Å². The van der Waals surface area contributed by atoms with E-state index in [0.717, 1.165) is 6.07 Å². The minimum Gasteiger partial charge on any atom is -0.478 e. The van der Waals surface area contributed by atoms with Crippen LogP contribution in [0, 0.1) is 5.92 Å². The van der Waals surface area contributed by atoms with Crippen LogP contribution in [-0.4, -0.2) is 23.5 Å². The molecule has 0 bridgehead atoms. The molecule has 5 nitrogen and oxygen atoms in total. The van der Waals surface area contributed by atoms with Gasteiger partial charge in [-0.1, -0.05) is 6.92 Å². The number of anilines is 1. The van der Waals surface area contributed by atoms with E-state index in [9.17, 15) is 22.8 Å². The van der Waals surface area contributed by atoms with E-state index in [2.05, 4.69) is 5.32 Å². The van der Waals surface area contributed by atoms with Gasteiger partial charge >= 0.3 is 12.1 Å². The Hall–Kier alpha value is -2.09. The van der Waals surface area contributed by atoms with Gasteiger partial charge in [0.2, 0.25) is 5.91 Å². The van der Waals surface area contributed by atoms with Crippen LogP contribution >= 0.6 is 0 Å². The van der Waals surface area contributed by atoms with Crippen LogP contribution in [0.5, 0.6) is 0 Å². The van der Waals surface area contributed by atoms with Crippen LogP contribution in [0.4, 0.5) is 18.9 Å². The lowest BCUT2D eigenvalue weighted by Gasteiger charge is -2.15. The summed E-state index contributed by atoms with van der Waals surface area (Å²) >= 11 is 0. The SMILES string of the molecule is CCC(CN)C(=O)Nc1cc(C(=O)O)cc(C(F)(F)F)c1. The topological polar surface area (TPSA) is 92.4 Å². The monoisotopic (exact) mass is 304 g/mol. The number of hydrogen-bond donors (Lipinski definition) is 3. The first-order chi connectivity index (χ1) is 9.68. The summed E-state index contributed by atoms with van der Waals surface area (Å²) in [5.41, 5.74) is 3.46. The molecule has 0 saturated heterocycles. The fourth-order valence-electron chi connectivity index (χ4n) is 1.69. The van der Waals surface area contributed by atoms with Crippen LogP contribution in [0.15, 0.2) is 18.2 Å². The molecule has 8 heteroatoms. The van der Waals surface area contributed by atoms with Crippen molar-refractivity contribution < 1.29 is 27.9 Å². The highest BCUT2D eigenvalue weighted by atomic mass is 19.4. The van der Waals surface area contributed by atoms with Crippen LogP contribution < -0.4 is 11.1 Å². The average Bonchev–Trinajstić information content (AvgIpc) is 2.38. The van der Waals surface area contributed by atoms with Gasteiger partial charge in [0.05, 0.1) is 17.0 Å². The largest absolute Gasteiger partial charge is 0.478 e. The minimum atomic E-state index is -4.71. The highest BCUT2D eigenvalue weighted by molar-refractivity contribution is 5.95. The van der Waals surface area contributed by atoms with E-state index in [1.165, 1.54) is 0 Å². The Morgan fingerprint density at radius 1 is 1.33 bits per heavy atom. The highest BCUT2D eigenvalue weighted by Crippen LogP contribution is 2.32. The predicted molar refractivity (Wildman–Crippen MR) is 69.9 cm³/mol. The zero-order valence-corrected chi connectivity index (χ0v) is 11.2. The van der Waals surface area contributed by atoms with Gasteiger partial charge < -0.3 is 16.2 Å². The Balaban J connectivity index is 3.15. The van der Waals surface area contributed by atoms with Crippen molar-refractivity contribution in [1.82, 2.24) is 0 Å². The smallest absolute Gasteiger partial charge is 0.416 e. The van der Waals surface area contributed by atoms with Gasteiger partial charge in [-0.25, -0.2) is 4.79 Å². The molecule has 1 rings (SSSR count). The third-order valence-corrected chi connectivity index (χ3v) is 2.92. The average molecular weight is 304 g/mol. The Morgan fingerprint density at radius 3 is 2.38 bits per heavy atom. The van der Waals surface area contributed by atoms with E-state index in [4.69, 9.17) is 10.8 Å². The first-order valence-corrected chi connectivity index (χ1v) is 6.15. The third-order valence-electron chi connectivity index (χ3n) is 2.92. The number of carbonyl (C=O) groups excluding carboxylic acids is 1. The van der Waals surface area contributed by atoms with Crippen molar-refractivity contribution in [3.8, 4) is 0 Å². The van der Waals surface area contributed by atoms with E-state index < -0.39 is 35.1 Å². The summed E-state index contributed by atoms with van der Waals surface area (Å²) in [5.74, 6) is -2.61. The number of amides is 1. The molecule has 4 N–H and O–H groups in total. The molecule has 0 saturated carbocycles. The van der Waals surface area contributed by atoms with Crippen molar-refractivity contribution in [2.24, 2.45) is 11.7 Å². The maximum Gasteiger partial charge on any atom is 0.416 e. The second kappa shape index (κ2) is 6.57. The lowest BCUT2D eigenvalue weighted by atomic mass is 10.0. The fraction of sp³-hybridized carbons (Fsp3) is 0.385. The molecule has 1 unspecified atom stereocenters. The van der Waals surface area contributed by atoms with Gasteiger partial charge in [0.25, 0.3) is 0 Å². The minimum absolute atomic E-state index is 0.0487. The third kappa shape index (κ3) is 4.45. The molecule has 0 aliphatic carbocycles. The fourth-order valence-corrected chi connectivity index (χ4v) is 1.69. The number of carbonyl (C=O) groups is 2. The van der Waals surface area contributed by atoms with Crippen molar-refractivity contribution in [2.75, 3.05) is 11.9 Å². The standard InChI is InChI=1S/C13H15F3N2O3/c1-2-7(6-17)11(19)18-10-4-8(12(20)21)3-9(5-10)13(14,15)16/h3-5,7H,2,6,17H2,1H3,(H,18,19)(H,20,21). The van der Waals surface area contributed by atoms with E-state index in [1.807, 2.05) is 0 Å². The molecule has 0 aromatic heterocycles. The van der Waals surface area contributed by atoms with Gasteiger partial charge in [-0.15, -0.1) is 0 Å². The number of rotatable bonds is 5. The molecule has 0 radical (unpaired) electrons. The second-order valence-corrected chi connectivity index (χ2v) is 4.43. The van der Waals surface area contributed by atoms with Gasteiger partial charge in [0.15, 0.2) is 0 Å². The molecule has 0 spiro atoms. The van der Waals surface area contributed by atoms with Crippen LogP contribution in [0.3, 0.4) is 0 Å². The zero-order chi connectivity index (χ0) is 16.2. The Kier molecular flexibility index (Phi) is 5.31. The van der Waals surface area contributed by atoms with Crippen molar-refractivity contribution in [3.05, 3.63) is 29.3 Å². The van der Waals surface area contributed by atoms with Gasteiger partial charge in [-0.3, -0.25) is 4.79 Å². The first kappa shape index (κ1) is 17.0. The Bertz CT molecular complexity index is 540. The first-order valence-electron chi connectivity index (χ1n) is 6.15. The normalized spacial score (nSPS) is 12.8. The van der Waals surface area contributed by atoms with Gasteiger partial charge in [-0.05, 0) is 24.6 Å². The summed E-state index contributed by atoms with van der Waals surface area (Å²) in [6.45, 7) is 1.76. The van der Waals surface area contributed by atoms with Gasteiger partial charge in [0, 0.05) is 12.2 Å². The van der Waals surface area contributed by atoms with Crippen LogP contribution in [0.25, 0.3) is 0 Å². The number of aromatic carboxylic acids is 1. The molecule has 0 aliphatic heterocycles. The lowest BCUT2D eigenvalue weighted by Crippen LogP contribution is -2.28. The summed E-state index contributed by atoms with van der Waals surface area (Å²) in [7, 11) is 0. The van der Waals surface area contributed by atoms with E-state index in [0.29, 0.717) is 18.6 Å². The molecule has 1 atom stereocenters. The molecule has 0 fully saturated rings. The number of carboxylic acid groups (broad SMARTS) is 1.